The summed E-state index contributed by atoms with van der Waals surface area (Å²) in [6.45, 7) is 8.43. The molecule has 27 heavy (non-hydrogen) atoms. The van der Waals surface area contributed by atoms with Crippen LogP contribution < -0.4 is 5.59 Å². The Hall–Kier alpha value is -2.13. The number of hydrogen-bond donors (Lipinski definition) is 2. The number of rotatable bonds is 2. The molecule has 3 rings (SSSR count). The molecular weight excluding hydrogens is 352 g/mol. The van der Waals surface area contributed by atoms with Crippen LogP contribution in [0.2, 0.25) is 0 Å². The van der Waals surface area contributed by atoms with Gasteiger partial charge in [-0.1, -0.05) is 6.92 Å². The summed E-state index contributed by atoms with van der Waals surface area (Å²) >= 11 is 0. The van der Waals surface area contributed by atoms with E-state index in [0.717, 1.165) is 0 Å². The highest BCUT2D eigenvalue weighted by Crippen LogP contribution is 2.31. The molecule has 146 valence electrons. The summed E-state index contributed by atoms with van der Waals surface area (Å²) in [5, 5.41) is 24.1. The average Bonchev–Trinajstić information content (AvgIpc) is 2.92. The minimum atomic E-state index is -1.74. The third-order valence-corrected chi connectivity index (χ3v) is 4.77. The number of fused-ring (bicyclic) bond motifs is 1. The molecule has 1 aromatic heterocycles. The molecule has 2 heterocycles. The van der Waals surface area contributed by atoms with Gasteiger partial charge in [-0.3, -0.25) is 4.68 Å². The van der Waals surface area contributed by atoms with Gasteiger partial charge >= 0.3 is 13.2 Å². The second-order valence-electron chi connectivity index (χ2n) is 8.12. The van der Waals surface area contributed by atoms with E-state index in [-0.39, 0.29) is 23.6 Å². The van der Waals surface area contributed by atoms with Crippen LogP contribution in [-0.2, 0) is 4.74 Å². The Labute approximate surface area is 157 Å². The predicted molar refractivity (Wildman–Crippen MR) is 100 cm³/mol. The summed E-state index contributed by atoms with van der Waals surface area (Å²) in [5.41, 5.74) is 0.0615. The Bertz CT molecular complexity index is 849. The van der Waals surface area contributed by atoms with E-state index in [2.05, 4.69) is 5.10 Å². The number of piperidine rings is 1. The summed E-state index contributed by atoms with van der Waals surface area (Å²) in [6, 6.07) is 4.03. The third kappa shape index (κ3) is 4.09. The van der Waals surface area contributed by atoms with Gasteiger partial charge in [-0.25, -0.2) is 9.18 Å². The Kier molecular flexibility index (Phi) is 5.18. The van der Waals surface area contributed by atoms with E-state index >= 15 is 0 Å². The fourth-order valence-corrected chi connectivity index (χ4v) is 3.57. The largest absolute Gasteiger partial charge is 0.510 e. The number of amides is 1. The van der Waals surface area contributed by atoms with Gasteiger partial charge in [0.25, 0.3) is 0 Å². The van der Waals surface area contributed by atoms with Crippen molar-refractivity contribution in [2.24, 2.45) is 5.92 Å². The highest BCUT2D eigenvalue weighted by molar-refractivity contribution is 6.60. The zero-order valence-corrected chi connectivity index (χ0v) is 16.0. The highest BCUT2D eigenvalue weighted by Gasteiger charge is 2.34. The SMILES string of the molecule is C[C@@H]1CN(C(=O)OC(C)(C)C)CC[C@@H]1n1nc(B(O)O)c2ccc(F)cc21. The lowest BCUT2D eigenvalue weighted by molar-refractivity contribution is 0.0121. The fraction of sp³-hybridized carbons (Fsp3) is 0.556. The average molecular weight is 377 g/mol. The van der Waals surface area contributed by atoms with Crippen LogP contribution >= 0.6 is 0 Å². The molecule has 1 amide bonds. The van der Waals surface area contributed by atoms with E-state index in [1.165, 1.54) is 18.2 Å². The second kappa shape index (κ2) is 7.12. The van der Waals surface area contributed by atoms with Crippen molar-refractivity contribution in [3.63, 3.8) is 0 Å². The maximum absolute atomic E-state index is 13.8. The lowest BCUT2D eigenvalue weighted by Crippen LogP contribution is -2.46. The topological polar surface area (TPSA) is 87.8 Å². The Balaban J connectivity index is 1.86. The third-order valence-electron chi connectivity index (χ3n) is 4.77. The Morgan fingerprint density at radius 2 is 2.07 bits per heavy atom. The first-order chi connectivity index (χ1) is 12.6. The number of benzene rings is 1. The van der Waals surface area contributed by atoms with Crippen molar-refractivity contribution in [2.45, 2.75) is 45.8 Å². The molecule has 0 unspecified atom stereocenters. The van der Waals surface area contributed by atoms with Gasteiger partial charge < -0.3 is 19.7 Å². The molecule has 7 nitrogen and oxygen atoms in total. The van der Waals surface area contributed by atoms with Crippen molar-refractivity contribution in [2.75, 3.05) is 13.1 Å². The molecule has 0 saturated carbocycles. The van der Waals surface area contributed by atoms with Gasteiger partial charge in [0, 0.05) is 18.5 Å². The van der Waals surface area contributed by atoms with Crippen molar-refractivity contribution >= 4 is 29.7 Å². The molecule has 1 fully saturated rings. The maximum Gasteiger partial charge on any atom is 0.510 e. The predicted octanol–water partition coefficient (Wildman–Crippen LogP) is 1.67. The van der Waals surface area contributed by atoms with Crippen molar-refractivity contribution < 1.29 is 24.0 Å². The molecule has 0 aliphatic carbocycles. The number of hydrogen-bond acceptors (Lipinski definition) is 5. The normalized spacial score (nSPS) is 20.8. The van der Waals surface area contributed by atoms with Crippen LogP contribution in [0.5, 0.6) is 0 Å². The first kappa shape index (κ1) is 19.6. The Morgan fingerprint density at radius 1 is 1.37 bits per heavy atom. The van der Waals surface area contributed by atoms with Crippen LogP contribution in [0.1, 0.15) is 40.2 Å². The zero-order chi connectivity index (χ0) is 19.9. The first-order valence-electron chi connectivity index (χ1n) is 9.08. The minimum absolute atomic E-state index is 0.0290. The quantitative estimate of drug-likeness (QED) is 0.778. The number of nitrogens with zero attached hydrogens (tertiary/aromatic N) is 3. The number of carbonyl (C=O) groups is 1. The molecule has 9 heteroatoms. The molecule has 2 N–H and O–H groups in total. The highest BCUT2D eigenvalue weighted by atomic mass is 19.1. The van der Waals surface area contributed by atoms with E-state index in [4.69, 9.17) is 4.74 Å². The Morgan fingerprint density at radius 3 is 2.67 bits per heavy atom. The molecule has 0 radical (unpaired) electrons. The van der Waals surface area contributed by atoms with E-state index in [1.807, 2.05) is 27.7 Å². The van der Waals surface area contributed by atoms with E-state index in [0.29, 0.717) is 30.4 Å². The molecule has 1 aliphatic heterocycles. The van der Waals surface area contributed by atoms with Crippen molar-refractivity contribution in [3.8, 4) is 0 Å². The lowest BCUT2D eigenvalue weighted by Gasteiger charge is -2.37. The van der Waals surface area contributed by atoms with Gasteiger partial charge in [-0.15, -0.1) is 0 Å². The molecule has 1 aliphatic rings. The smallest absolute Gasteiger partial charge is 0.444 e. The maximum atomic E-state index is 13.8. The van der Waals surface area contributed by atoms with Crippen LogP contribution in [0.4, 0.5) is 9.18 Å². The summed E-state index contributed by atoms with van der Waals surface area (Å²) in [5.74, 6) is -0.386. The van der Waals surface area contributed by atoms with Crippen LogP contribution in [-0.4, -0.2) is 56.6 Å². The van der Waals surface area contributed by atoms with Gasteiger partial charge in [0.05, 0.1) is 11.6 Å². The van der Waals surface area contributed by atoms with Crippen LogP contribution in [0.25, 0.3) is 10.9 Å². The number of halogens is 1. The number of likely N-dealkylation sites (tertiary alicyclic amines) is 1. The number of aromatic nitrogens is 2. The molecule has 2 atom stereocenters. The van der Waals surface area contributed by atoms with Crippen molar-refractivity contribution in [3.05, 3.63) is 24.0 Å². The van der Waals surface area contributed by atoms with E-state index < -0.39 is 18.5 Å². The molecule has 0 bridgehead atoms. The summed E-state index contributed by atoms with van der Waals surface area (Å²) in [6.07, 6.45) is 0.255. The molecule has 0 spiro atoms. The summed E-state index contributed by atoms with van der Waals surface area (Å²) in [4.78, 5) is 14.0. The number of carbonyl (C=O) groups excluding carboxylic acids is 1. The molecular formula is C18H25BFN3O4. The van der Waals surface area contributed by atoms with E-state index in [9.17, 15) is 19.2 Å². The van der Waals surface area contributed by atoms with Gasteiger partial charge in [0.1, 0.15) is 17.0 Å². The van der Waals surface area contributed by atoms with Crippen LogP contribution in [0.15, 0.2) is 18.2 Å². The van der Waals surface area contributed by atoms with Crippen molar-refractivity contribution in [1.82, 2.24) is 14.7 Å². The van der Waals surface area contributed by atoms with Gasteiger partial charge in [0.15, 0.2) is 0 Å². The molecule has 1 aromatic carbocycles. The van der Waals surface area contributed by atoms with Crippen LogP contribution in [0.3, 0.4) is 0 Å². The van der Waals surface area contributed by atoms with Gasteiger partial charge in [-0.05, 0) is 51.3 Å². The van der Waals surface area contributed by atoms with E-state index in [1.54, 1.807) is 9.58 Å². The number of ether oxygens (including phenoxy) is 1. The van der Waals surface area contributed by atoms with Gasteiger partial charge in [-0.2, -0.15) is 5.10 Å². The zero-order valence-electron chi connectivity index (χ0n) is 16.0. The monoisotopic (exact) mass is 377 g/mol. The minimum Gasteiger partial charge on any atom is -0.444 e. The second-order valence-corrected chi connectivity index (χ2v) is 8.12. The standard InChI is InChI=1S/C18H25BFN3O4/c1-11-10-22(17(24)27-18(2,3)4)8-7-14(11)23-15-9-12(20)5-6-13(15)16(21-23)19(25)26/h5-6,9,11,14,25-26H,7-8,10H2,1-4H3/t11-,14+/m1/s1. The summed E-state index contributed by atoms with van der Waals surface area (Å²) in [7, 11) is -1.74. The van der Waals surface area contributed by atoms with Gasteiger partial charge in [0.2, 0.25) is 0 Å². The van der Waals surface area contributed by atoms with Crippen LogP contribution in [0, 0.1) is 11.7 Å². The van der Waals surface area contributed by atoms with Crippen molar-refractivity contribution in [1.29, 1.82) is 0 Å². The first-order valence-corrected chi connectivity index (χ1v) is 9.08. The lowest BCUT2D eigenvalue weighted by atomic mass is 9.84. The molecule has 2 aromatic rings. The summed E-state index contributed by atoms with van der Waals surface area (Å²) < 4.78 is 20.9. The fourth-order valence-electron chi connectivity index (χ4n) is 3.57. The molecule has 1 saturated heterocycles.